The molecule has 4 nitrogen and oxygen atoms in total. The minimum atomic E-state index is -0.784. The van der Waals surface area contributed by atoms with Gasteiger partial charge in [-0.3, -0.25) is 9.59 Å². The van der Waals surface area contributed by atoms with E-state index in [1.807, 2.05) is 0 Å². The van der Waals surface area contributed by atoms with Crippen LogP contribution in [0, 0.1) is 17.6 Å². The van der Waals surface area contributed by atoms with Crippen molar-refractivity contribution in [3.63, 3.8) is 0 Å². The second-order valence-corrected chi connectivity index (χ2v) is 6.67. The number of anilines is 1. The van der Waals surface area contributed by atoms with Crippen molar-refractivity contribution in [2.45, 2.75) is 51.0 Å². The van der Waals surface area contributed by atoms with E-state index in [4.69, 9.17) is 0 Å². The number of nitrogens with zero attached hydrogens (tertiary/aromatic N) is 1. The lowest BCUT2D eigenvalue weighted by Crippen LogP contribution is -2.39. The van der Waals surface area contributed by atoms with Gasteiger partial charge >= 0.3 is 0 Å². The number of amides is 2. The quantitative estimate of drug-likeness (QED) is 0.862. The first-order valence-corrected chi connectivity index (χ1v) is 8.61. The Balaban J connectivity index is 1.67. The van der Waals surface area contributed by atoms with Crippen molar-refractivity contribution in [2.24, 2.45) is 5.92 Å². The van der Waals surface area contributed by atoms with Crippen molar-refractivity contribution in [1.82, 2.24) is 5.32 Å². The molecule has 24 heavy (non-hydrogen) atoms. The minimum Gasteiger partial charge on any atom is -0.353 e. The second kappa shape index (κ2) is 7.28. The van der Waals surface area contributed by atoms with Gasteiger partial charge in [0.25, 0.3) is 0 Å². The highest BCUT2D eigenvalue weighted by Crippen LogP contribution is 2.30. The lowest BCUT2D eigenvalue weighted by molar-refractivity contribution is -0.127. The summed E-state index contributed by atoms with van der Waals surface area (Å²) in [6.45, 7) is 0.0231. The molecule has 3 rings (SSSR count). The number of carbonyl (C=O) groups excluding carboxylic acids is 2. The summed E-state index contributed by atoms with van der Waals surface area (Å²) >= 11 is 0. The van der Waals surface area contributed by atoms with Gasteiger partial charge in [0.05, 0.1) is 5.92 Å². The third kappa shape index (κ3) is 3.57. The Bertz CT molecular complexity index is 607. The Morgan fingerprint density at radius 2 is 1.71 bits per heavy atom. The Morgan fingerprint density at radius 3 is 2.33 bits per heavy atom. The number of nitrogens with one attached hydrogen (secondary N) is 1. The number of hydrogen-bond acceptors (Lipinski definition) is 2. The van der Waals surface area contributed by atoms with Gasteiger partial charge in [0.2, 0.25) is 11.8 Å². The molecule has 2 aliphatic rings. The zero-order chi connectivity index (χ0) is 17.1. The molecular weight excluding hydrogens is 314 g/mol. The predicted molar refractivity (Wildman–Crippen MR) is 86.5 cm³/mol. The molecular formula is C18H22F2N2O2. The standard InChI is InChI=1S/C18H22F2N2O2/c19-14-8-5-9-15(20)17(14)22-11-12(10-16(22)23)18(24)21-13-6-3-1-2-4-7-13/h5,8-9,12-13H,1-4,6-7,10-11H2,(H,21,24). The summed E-state index contributed by atoms with van der Waals surface area (Å²) in [5.74, 6) is -2.73. The normalized spacial score (nSPS) is 22.5. The maximum atomic E-state index is 13.9. The number of carbonyl (C=O) groups is 2. The highest BCUT2D eigenvalue weighted by Gasteiger charge is 2.37. The summed E-state index contributed by atoms with van der Waals surface area (Å²) in [6, 6.07) is 3.63. The summed E-state index contributed by atoms with van der Waals surface area (Å²) < 4.78 is 27.8. The van der Waals surface area contributed by atoms with Crippen molar-refractivity contribution in [2.75, 3.05) is 11.4 Å². The fraction of sp³-hybridized carbons (Fsp3) is 0.556. The van der Waals surface area contributed by atoms with Crippen molar-refractivity contribution in [3.05, 3.63) is 29.8 Å². The largest absolute Gasteiger partial charge is 0.353 e. The summed E-state index contributed by atoms with van der Waals surface area (Å²) in [5.41, 5.74) is -0.354. The van der Waals surface area contributed by atoms with Crippen LogP contribution in [0.5, 0.6) is 0 Å². The third-order valence-corrected chi connectivity index (χ3v) is 4.90. The van der Waals surface area contributed by atoms with E-state index in [2.05, 4.69) is 5.32 Å². The third-order valence-electron chi connectivity index (χ3n) is 4.90. The van der Waals surface area contributed by atoms with Crippen LogP contribution in [0.2, 0.25) is 0 Å². The fourth-order valence-corrected chi connectivity index (χ4v) is 3.59. The molecule has 2 amide bonds. The van der Waals surface area contributed by atoms with Crippen LogP contribution < -0.4 is 10.2 Å². The summed E-state index contributed by atoms with van der Waals surface area (Å²) in [7, 11) is 0. The minimum absolute atomic E-state index is 0.00761. The van der Waals surface area contributed by atoms with Crippen LogP contribution in [0.3, 0.4) is 0 Å². The molecule has 1 aromatic carbocycles. The van der Waals surface area contributed by atoms with Crippen LogP contribution in [0.15, 0.2) is 18.2 Å². The molecule has 0 spiro atoms. The van der Waals surface area contributed by atoms with E-state index in [1.165, 1.54) is 18.9 Å². The van der Waals surface area contributed by atoms with E-state index < -0.39 is 23.5 Å². The van der Waals surface area contributed by atoms with Crippen LogP contribution in [-0.4, -0.2) is 24.4 Å². The van der Waals surface area contributed by atoms with E-state index in [-0.39, 0.29) is 30.6 Å². The Kier molecular flexibility index (Phi) is 5.11. The molecule has 1 unspecified atom stereocenters. The molecule has 1 aromatic rings. The van der Waals surface area contributed by atoms with Gasteiger partial charge in [-0.15, -0.1) is 0 Å². The second-order valence-electron chi connectivity index (χ2n) is 6.67. The van der Waals surface area contributed by atoms with Crippen LogP contribution in [0.25, 0.3) is 0 Å². The molecule has 2 fully saturated rings. The van der Waals surface area contributed by atoms with Gasteiger partial charge in [0, 0.05) is 19.0 Å². The summed E-state index contributed by atoms with van der Waals surface area (Å²) in [4.78, 5) is 25.7. The first kappa shape index (κ1) is 16.9. The van der Waals surface area contributed by atoms with Crippen molar-refractivity contribution < 1.29 is 18.4 Å². The van der Waals surface area contributed by atoms with Crippen molar-refractivity contribution in [1.29, 1.82) is 0 Å². The van der Waals surface area contributed by atoms with E-state index in [0.29, 0.717) is 0 Å². The van der Waals surface area contributed by atoms with E-state index >= 15 is 0 Å². The van der Waals surface area contributed by atoms with E-state index in [1.54, 1.807) is 0 Å². The number of halogens is 2. The molecule has 0 bridgehead atoms. The zero-order valence-electron chi connectivity index (χ0n) is 13.6. The summed E-state index contributed by atoms with van der Waals surface area (Å²) in [5, 5.41) is 3.02. The van der Waals surface area contributed by atoms with Crippen LogP contribution >= 0.6 is 0 Å². The smallest absolute Gasteiger partial charge is 0.228 e. The lowest BCUT2D eigenvalue weighted by atomic mass is 10.0. The molecule has 0 aromatic heterocycles. The SMILES string of the molecule is O=C(NC1CCCCCC1)C1CC(=O)N(c2c(F)cccc2F)C1. The lowest BCUT2D eigenvalue weighted by Gasteiger charge is -2.20. The van der Waals surface area contributed by atoms with Crippen LogP contribution in [0.1, 0.15) is 44.9 Å². The first-order chi connectivity index (χ1) is 11.6. The molecule has 1 aliphatic heterocycles. The van der Waals surface area contributed by atoms with Crippen molar-refractivity contribution >= 4 is 17.5 Å². The Morgan fingerprint density at radius 1 is 1.08 bits per heavy atom. The number of benzene rings is 1. The number of rotatable bonds is 3. The maximum absolute atomic E-state index is 13.9. The molecule has 1 N–H and O–H groups in total. The predicted octanol–water partition coefficient (Wildman–Crippen LogP) is 3.16. The van der Waals surface area contributed by atoms with Gasteiger partial charge in [-0.1, -0.05) is 31.7 Å². The van der Waals surface area contributed by atoms with Gasteiger partial charge in [-0.2, -0.15) is 0 Å². The number of para-hydroxylation sites is 1. The molecule has 6 heteroatoms. The molecule has 1 saturated heterocycles. The van der Waals surface area contributed by atoms with Gasteiger partial charge in [0.1, 0.15) is 17.3 Å². The average Bonchev–Trinajstić information content (AvgIpc) is 2.75. The molecule has 1 heterocycles. The maximum Gasteiger partial charge on any atom is 0.228 e. The molecule has 1 saturated carbocycles. The van der Waals surface area contributed by atoms with Gasteiger partial charge < -0.3 is 10.2 Å². The van der Waals surface area contributed by atoms with Crippen molar-refractivity contribution in [3.8, 4) is 0 Å². The van der Waals surface area contributed by atoms with Gasteiger partial charge in [-0.05, 0) is 25.0 Å². The molecule has 130 valence electrons. The molecule has 1 atom stereocenters. The van der Waals surface area contributed by atoms with Crippen LogP contribution in [0.4, 0.5) is 14.5 Å². The zero-order valence-corrected chi connectivity index (χ0v) is 13.6. The fourth-order valence-electron chi connectivity index (χ4n) is 3.59. The molecule has 0 radical (unpaired) electrons. The topological polar surface area (TPSA) is 49.4 Å². The van der Waals surface area contributed by atoms with Gasteiger partial charge in [0.15, 0.2) is 0 Å². The van der Waals surface area contributed by atoms with E-state index in [0.717, 1.165) is 42.7 Å². The van der Waals surface area contributed by atoms with Crippen LogP contribution in [-0.2, 0) is 9.59 Å². The van der Waals surface area contributed by atoms with E-state index in [9.17, 15) is 18.4 Å². The average molecular weight is 336 g/mol. The molecule has 1 aliphatic carbocycles. The Labute approximate surface area is 140 Å². The highest BCUT2D eigenvalue weighted by molar-refractivity contribution is 6.00. The van der Waals surface area contributed by atoms with Gasteiger partial charge in [-0.25, -0.2) is 8.78 Å². The summed E-state index contributed by atoms with van der Waals surface area (Å²) in [6.07, 6.45) is 6.48. The highest BCUT2D eigenvalue weighted by atomic mass is 19.1. The monoisotopic (exact) mass is 336 g/mol. The number of hydrogen-bond donors (Lipinski definition) is 1. The Hall–Kier alpha value is -1.98. The first-order valence-electron chi connectivity index (χ1n) is 8.61.